The number of anilines is 1. The molecule has 0 saturated carbocycles. The first-order valence-electron chi connectivity index (χ1n) is 7.15. The molecule has 0 fully saturated rings. The Labute approximate surface area is 112 Å². The molecule has 0 amide bonds. The summed E-state index contributed by atoms with van der Waals surface area (Å²) in [5.74, 6) is 0.678. The van der Waals surface area contributed by atoms with E-state index in [0.29, 0.717) is 5.92 Å². The lowest BCUT2D eigenvalue weighted by molar-refractivity contribution is 0.174. The molecule has 0 aliphatic carbocycles. The molecule has 2 atom stereocenters. The first kappa shape index (κ1) is 15.0. The van der Waals surface area contributed by atoms with Crippen molar-refractivity contribution < 1.29 is 5.11 Å². The Balaban J connectivity index is 2.97. The zero-order valence-corrected chi connectivity index (χ0v) is 12.2. The van der Waals surface area contributed by atoms with Crippen LogP contribution in [0.1, 0.15) is 52.2 Å². The minimum absolute atomic E-state index is 0.354. The van der Waals surface area contributed by atoms with Crippen molar-refractivity contribution >= 4 is 5.69 Å². The molecule has 2 heteroatoms. The largest absolute Gasteiger partial charge is 0.388 e. The maximum absolute atomic E-state index is 10.1. The number of hydrogen-bond acceptors (Lipinski definition) is 2. The molecule has 1 aromatic rings. The van der Waals surface area contributed by atoms with Gasteiger partial charge in [0.05, 0.1) is 6.10 Å². The topological polar surface area (TPSA) is 23.5 Å². The monoisotopic (exact) mass is 249 g/mol. The molecule has 0 aromatic heterocycles. The third kappa shape index (κ3) is 3.74. The number of hydrogen-bond donors (Lipinski definition) is 1. The molecule has 0 aliphatic rings. The van der Waals surface area contributed by atoms with Gasteiger partial charge < -0.3 is 10.0 Å². The average Bonchev–Trinajstić information content (AvgIpc) is 2.43. The summed E-state index contributed by atoms with van der Waals surface area (Å²) in [7, 11) is 0. The quantitative estimate of drug-likeness (QED) is 0.789. The number of para-hydroxylation sites is 1. The highest BCUT2D eigenvalue weighted by atomic mass is 16.3. The van der Waals surface area contributed by atoms with Crippen molar-refractivity contribution in [1.29, 1.82) is 0 Å². The van der Waals surface area contributed by atoms with Crippen LogP contribution in [0.2, 0.25) is 0 Å². The lowest BCUT2D eigenvalue weighted by Crippen LogP contribution is -2.29. The summed E-state index contributed by atoms with van der Waals surface area (Å²) in [4.78, 5) is 2.38. The highest BCUT2D eigenvalue weighted by Gasteiger charge is 2.15. The third-order valence-corrected chi connectivity index (χ3v) is 3.63. The van der Waals surface area contributed by atoms with Gasteiger partial charge in [-0.1, -0.05) is 45.4 Å². The fourth-order valence-electron chi connectivity index (χ4n) is 2.18. The Bertz CT molecular complexity index is 351. The molecule has 1 aromatic carbocycles. The lowest BCUT2D eigenvalue weighted by Gasteiger charge is -2.29. The maximum Gasteiger partial charge on any atom is 0.0807 e. The van der Waals surface area contributed by atoms with E-state index in [1.807, 2.05) is 19.1 Å². The fraction of sp³-hybridized carbons (Fsp3) is 0.625. The van der Waals surface area contributed by atoms with Gasteiger partial charge in [-0.2, -0.15) is 0 Å². The number of aliphatic hydroxyl groups is 1. The standard InChI is InChI=1S/C16H27NO/c1-5-13(4)12-17(7-3)15-11-9-8-10-14(15)16(18)6-2/h8-11,13,16,18H,5-7,12H2,1-4H3/t13?,16-/m0/s1. The number of benzene rings is 1. The van der Waals surface area contributed by atoms with Gasteiger partial charge in [-0.25, -0.2) is 0 Å². The van der Waals surface area contributed by atoms with E-state index in [2.05, 4.69) is 37.8 Å². The van der Waals surface area contributed by atoms with Gasteiger partial charge in [-0.3, -0.25) is 0 Å². The molecule has 1 unspecified atom stereocenters. The Morgan fingerprint density at radius 1 is 1.11 bits per heavy atom. The van der Waals surface area contributed by atoms with Crippen LogP contribution in [0.5, 0.6) is 0 Å². The van der Waals surface area contributed by atoms with Gasteiger partial charge in [0.2, 0.25) is 0 Å². The SMILES string of the molecule is CCC(C)CN(CC)c1ccccc1[C@@H](O)CC. The number of aliphatic hydroxyl groups excluding tert-OH is 1. The first-order chi connectivity index (χ1) is 8.63. The molecule has 18 heavy (non-hydrogen) atoms. The van der Waals surface area contributed by atoms with E-state index < -0.39 is 0 Å². The highest BCUT2D eigenvalue weighted by Crippen LogP contribution is 2.28. The highest BCUT2D eigenvalue weighted by molar-refractivity contribution is 5.54. The summed E-state index contributed by atoms with van der Waals surface area (Å²) in [5, 5.41) is 10.1. The zero-order chi connectivity index (χ0) is 13.5. The minimum Gasteiger partial charge on any atom is -0.388 e. The molecular weight excluding hydrogens is 222 g/mol. The molecular formula is C16H27NO. The van der Waals surface area contributed by atoms with E-state index in [1.54, 1.807) is 0 Å². The molecule has 1 N–H and O–H groups in total. The van der Waals surface area contributed by atoms with Crippen molar-refractivity contribution in [3.63, 3.8) is 0 Å². The van der Waals surface area contributed by atoms with Crippen LogP contribution in [0.4, 0.5) is 5.69 Å². The maximum atomic E-state index is 10.1. The van der Waals surface area contributed by atoms with E-state index in [4.69, 9.17) is 0 Å². The zero-order valence-electron chi connectivity index (χ0n) is 12.2. The molecule has 0 spiro atoms. The van der Waals surface area contributed by atoms with Crippen molar-refractivity contribution in [1.82, 2.24) is 0 Å². The van der Waals surface area contributed by atoms with Crippen molar-refractivity contribution in [2.24, 2.45) is 5.92 Å². The van der Waals surface area contributed by atoms with Crippen molar-refractivity contribution in [3.05, 3.63) is 29.8 Å². The summed E-state index contributed by atoms with van der Waals surface area (Å²) < 4.78 is 0. The summed E-state index contributed by atoms with van der Waals surface area (Å²) >= 11 is 0. The van der Waals surface area contributed by atoms with Crippen LogP contribution in [0, 0.1) is 5.92 Å². The van der Waals surface area contributed by atoms with Gasteiger partial charge >= 0.3 is 0 Å². The Hall–Kier alpha value is -1.02. The predicted molar refractivity (Wildman–Crippen MR) is 79.0 cm³/mol. The van der Waals surface area contributed by atoms with Crippen LogP contribution in [-0.4, -0.2) is 18.2 Å². The Kier molecular flexibility index (Phi) is 6.20. The second-order valence-corrected chi connectivity index (χ2v) is 5.03. The van der Waals surface area contributed by atoms with E-state index in [0.717, 1.165) is 25.1 Å². The van der Waals surface area contributed by atoms with Gasteiger partial charge in [0.1, 0.15) is 0 Å². The van der Waals surface area contributed by atoms with Gasteiger partial charge in [0.15, 0.2) is 0 Å². The average molecular weight is 249 g/mol. The number of rotatable bonds is 7. The number of nitrogens with zero attached hydrogens (tertiary/aromatic N) is 1. The molecule has 0 bridgehead atoms. The van der Waals surface area contributed by atoms with E-state index in [-0.39, 0.29) is 6.10 Å². The van der Waals surface area contributed by atoms with Crippen molar-refractivity contribution in [3.8, 4) is 0 Å². The van der Waals surface area contributed by atoms with Crippen LogP contribution in [0.15, 0.2) is 24.3 Å². The van der Waals surface area contributed by atoms with Gasteiger partial charge in [-0.15, -0.1) is 0 Å². The Morgan fingerprint density at radius 3 is 2.33 bits per heavy atom. The van der Waals surface area contributed by atoms with Gasteiger partial charge in [0.25, 0.3) is 0 Å². The third-order valence-electron chi connectivity index (χ3n) is 3.63. The van der Waals surface area contributed by atoms with E-state index in [9.17, 15) is 5.11 Å². The van der Waals surface area contributed by atoms with Crippen molar-refractivity contribution in [2.75, 3.05) is 18.0 Å². The van der Waals surface area contributed by atoms with E-state index in [1.165, 1.54) is 12.1 Å². The molecule has 2 nitrogen and oxygen atoms in total. The summed E-state index contributed by atoms with van der Waals surface area (Å²) in [6.07, 6.45) is 1.60. The van der Waals surface area contributed by atoms with Crippen LogP contribution in [-0.2, 0) is 0 Å². The summed E-state index contributed by atoms with van der Waals surface area (Å²) in [6, 6.07) is 8.23. The van der Waals surface area contributed by atoms with Crippen molar-refractivity contribution in [2.45, 2.75) is 46.6 Å². The van der Waals surface area contributed by atoms with Crippen LogP contribution in [0.3, 0.4) is 0 Å². The summed E-state index contributed by atoms with van der Waals surface area (Å²) in [5.41, 5.74) is 2.25. The molecule has 1 rings (SSSR count). The van der Waals surface area contributed by atoms with Gasteiger partial charge in [0, 0.05) is 24.3 Å². The van der Waals surface area contributed by atoms with Crippen LogP contribution < -0.4 is 4.90 Å². The minimum atomic E-state index is -0.354. The molecule has 0 aliphatic heterocycles. The fourth-order valence-corrected chi connectivity index (χ4v) is 2.18. The molecule has 102 valence electrons. The molecule has 0 radical (unpaired) electrons. The smallest absolute Gasteiger partial charge is 0.0807 e. The molecule has 0 heterocycles. The van der Waals surface area contributed by atoms with Gasteiger partial charge in [-0.05, 0) is 25.3 Å². The predicted octanol–water partition coefficient (Wildman–Crippen LogP) is 4.00. The second kappa shape index (κ2) is 7.42. The summed E-state index contributed by atoms with van der Waals surface area (Å²) in [6.45, 7) is 10.7. The second-order valence-electron chi connectivity index (χ2n) is 5.03. The first-order valence-corrected chi connectivity index (χ1v) is 7.15. The van der Waals surface area contributed by atoms with Crippen LogP contribution >= 0.6 is 0 Å². The molecule has 0 saturated heterocycles. The van der Waals surface area contributed by atoms with Crippen LogP contribution in [0.25, 0.3) is 0 Å². The lowest BCUT2D eigenvalue weighted by atomic mass is 10.0. The Morgan fingerprint density at radius 2 is 1.78 bits per heavy atom. The van der Waals surface area contributed by atoms with E-state index >= 15 is 0 Å². The normalized spacial score (nSPS) is 14.3.